The van der Waals surface area contributed by atoms with E-state index in [1.54, 1.807) is 4.40 Å². The molecule has 1 atom stereocenters. The number of fused-ring (bicyclic) bond motifs is 3. The van der Waals surface area contributed by atoms with Gasteiger partial charge in [-0.15, -0.1) is 11.3 Å². The first-order chi connectivity index (χ1) is 14.7. The summed E-state index contributed by atoms with van der Waals surface area (Å²) in [5, 5.41) is 0.401. The van der Waals surface area contributed by atoms with Gasteiger partial charge < -0.3 is 4.74 Å². The Kier molecular flexibility index (Phi) is 6.16. The van der Waals surface area contributed by atoms with Crippen LogP contribution in [0.25, 0.3) is 4.96 Å². The Morgan fingerprint density at radius 3 is 2.74 bits per heavy atom. The maximum absolute atomic E-state index is 12.6. The van der Waals surface area contributed by atoms with Gasteiger partial charge in [0.05, 0.1) is 10.6 Å². The minimum absolute atomic E-state index is 0.0154. The zero-order chi connectivity index (χ0) is 22.2. The van der Waals surface area contributed by atoms with E-state index < -0.39 is 22.0 Å². The summed E-state index contributed by atoms with van der Waals surface area (Å²) in [6.45, 7) is 1.16. The number of esters is 1. The number of carbonyl (C=O) groups excluding carboxylic acids is 1. The summed E-state index contributed by atoms with van der Waals surface area (Å²) in [6, 6.07) is 5.81. The molecular formula is C20H20ClN3O5S2. The molecule has 0 saturated heterocycles. The van der Waals surface area contributed by atoms with E-state index in [9.17, 15) is 18.0 Å². The molecule has 1 aliphatic carbocycles. The quantitative estimate of drug-likeness (QED) is 0.542. The van der Waals surface area contributed by atoms with E-state index in [0.29, 0.717) is 15.7 Å². The van der Waals surface area contributed by atoms with E-state index in [0.717, 1.165) is 31.4 Å². The van der Waals surface area contributed by atoms with E-state index >= 15 is 0 Å². The van der Waals surface area contributed by atoms with Crippen LogP contribution in [0.5, 0.6) is 0 Å². The number of carbonyl (C=O) groups is 1. The zero-order valence-corrected chi connectivity index (χ0v) is 19.0. The molecule has 0 bridgehead atoms. The number of hydrogen-bond donors (Lipinski definition) is 1. The molecule has 0 radical (unpaired) electrons. The maximum atomic E-state index is 12.6. The average Bonchev–Trinajstić information content (AvgIpc) is 3.10. The van der Waals surface area contributed by atoms with Crippen molar-refractivity contribution in [1.82, 2.24) is 14.1 Å². The molecule has 1 N–H and O–H groups in total. The van der Waals surface area contributed by atoms with Gasteiger partial charge in [-0.05, 0) is 56.9 Å². The topological polar surface area (TPSA) is 107 Å². The number of rotatable bonds is 6. The molecule has 0 saturated carbocycles. The summed E-state index contributed by atoms with van der Waals surface area (Å²) in [6.07, 6.45) is 3.95. The first kappa shape index (κ1) is 21.9. The molecule has 8 nitrogen and oxygen atoms in total. The minimum atomic E-state index is -3.92. The fourth-order valence-electron chi connectivity index (χ4n) is 3.45. The van der Waals surface area contributed by atoms with Crippen LogP contribution in [0.1, 0.15) is 36.0 Å². The molecule has 0 aliphatic heterocycles. The predicted molar refractivity (Wildman–Crippen MR) is 117 cm³/mol. The molecule has 31 heavy (non-hydrogen) atoms. The van der Waals surface area contributed by atoms with Gasteiger partial charge in [-0.25, -0.2) is 13.4 Å². The van der Waals surface area contributed by atoms with E-state index in [-0.39, 0.29) is 17.1 Å². The summed E-state index contributed by atoms with van der Waals surface area (Å²) in [4.78, 5) is 31.1. The molecule has 2 heterocycles. The third-order valence-electron chi connectivity index (χ3n) is 4.99. The lowest BCUT2D eigenvalue weighted by atomic mass is 10.0. The average molecular weight is 482 g/mol. The van der Waals surface area contributed by atoms with Gasteiger partial charge in [0.25, 0.3) is 5.56 Å². The number of aromatic nitrogens is 2. The SMILES string of the molecule is C[C@H](NS(=O)(=O)c1ccc(Cl)cc1)C(=O)OCc1cc(=O)n2c3c(sc2n1)CCCC3. The largest absolute Gasteiger partial charge is 0.458 e. The van der Waals surface area contributed by atoms with Crippen LogP contribution < -0.4 is 10.3 Å². The second-order valence-corrected chi connectivity index (χ2v) is 10.5. The standard InChI is InChI=1S/C20H20ClN3O5S2/c1-12(23-31(27,28)15-8-6-13(21)7-9-15)19(26)29-11-14-10-18(25)24-16-4-2-3-5-17(16)30-20(24)22-14/h6-10,12,23H,2-5,11H2,1H3/t12-/m0/s1. The highest BCUT2D eigenvalue weighted by Crippen LogP contribution is 2.28. The van der Waals surface area contributed by atoms with Crippen LogP contribution in [0.4, 0.5) is 0 Å². The third-order valence-corrected chi connectivity index (χ3v) is 7.94. The molecule has 0 spiro atoms. The number of nitrogens with one attached hydrogen (secondary N) is 1. The molecule has 1 aromatic carbocycles. The zero-order valence-electron chi connectivity index (χ0n) is 16.6. The van der Waals surface area contributed by atoms with Crippen LogP contribution >= 0.6 is 22.9 Å². The number of halogens is 1. The molecule has 11 heteroatoms. The maximum Gasteiger partial charge on any atom is 0.324 e. The summed E-state index contributed by atoms with van der Waals surface area (Å²) in [5.41, 5.74) is 1.15. The van der Waals surface area contributed by atoms with Crippen molar-refractivity contribution in [3.63, 3.8) is 0 Å². The Morgan fingerprint density at radius 1 is 1.29 bits per heavy atom. The second-order valence-electron chi connectivity index (χ2n) is 7.29. The van der Waals surface area contributed by atoms with Crippen LogP contribution in [-0.4, -0.2) is 29.8 Å². The van der Waals surface area contributed by atoms with Crippen LogP contribution in [0.15, 0.2) is 40.0 Å². The Bertz CT molecular complexity index is 1300. The van der Waals surface area contributed by atoms with Crippen LogP contribution in [-0.2, 0) is 39.0 Å². The predicted octanol–water partition coefficient (Wildman–Crippen LogP) is 2.70. The van der Waals surface area contributed by atoms with Gasteiger partial charge in [-0.1, -0.05) is 11.6 Å². The Hall–Kier alpha value is -2.27. The number of nitrogens with zero attached hydrogens (tertiary/aromatic N) is 2. The van der Waals surface area contributed by atoms with E-state index in [4.69, 9.17) is 16.3 Å². The van der Waals surface area contributed by atoms with Crippen molar-refractivity contribution in [3.8, 4) is 0 Å². The summed E-state index contributed by atoms with van der Waals surface area (Å²) in [7, 11) is -3.92. The lowest BCUT2D eigenvalue weighted by Gasteiger charge is -2.14. The van der Waals surface area contributed by atoms with Gasteiger partial charge in [0, 0.05) is 21.7 Å². The number of benzene rings is 1. The van der Waals surface area contributed by atoms with Gasteiger partial charge >= 0.3 is 5.97 Å². The molecule has 1 aliphatic rings. The lowest BCUT2D eigenvalue weighted by Crippen LogP contribution is -2.39. The van der Waals surface area contributed by atoms with E-state index in [2.05, 4.69) is 9.71 Å². The highest BCUT2D eigenvalue weighted by atomic mass is 35.5. The van der Waals surface area contributed by atoms with Crippen LogP contribution in [0, 0.1) is 0 Å². The Labute approximate surface area is 187 Å². The molecule has 0 fully saturated rings. The number of ether oxygens (including phenoxy) is 1. The first-order valence-corrected chi connectivity index (χ1v) is 12.4. The van der Waals surface area contributed by atoms with Crippen molar-refractivity contribution in [1.29, 1.82) is 0 Å². The van der Waals surface area contributed by atoms with Crippen LogP contribution in [0.3, 0.4) is 0 Å². The van der Waals surface area contributed by atoms with Gasteiger partial charge in [-0.2, -0.15) is 4.72 Å². The van der Waals surface area contributed by atoms with Crippen molar-refractivity contribution in [2.45, 2.75) is 50.2 Å². The van der Waals surface area contributed by atoms with Crippen molar-refractivity contribution in [2.24, 2.45) is 0 Å². The number of aryl methyl sites for hydroxylation is 2. The fraction of sp³-hybridized carbons (Fsp3) is 0.350. The fourth-order valence-corrected chi connectivity index (χ4v) is 6.00. The Balaban J connectivity index is 1.44. The second kappa shape index (κ2) is 8.70. The monoisotopic (exact) mass is 481 g/mol. The van der Waals surface area contributed by atoms with E-state index in [1.807, 2.05) is 0 Å². The summed E-state index contributed by atoms with van der Waals surface area (Å²) >= 11 is 7.26. The van der Waals surface area contributed by atoms with Crippen LogP contribution in [0.2, 0.25) is 5.02 Å². The van der Waals surface area contributed by atoms with Gasteiger partial charge in [-0.3, -0.25) is 14.0 Å². The third kappa shape index (κ3) is 4.67. The highest BCUT2D eigenvalue weighted by molar-refractivity contribution is 7.89. The van der Waals surface area contributed by atoms with Crippen molar-refractivity contribution >= 4 is 43.9 Å². The molecule has 0 amide bonds. The van der Waals surface area contributed by atoms with Gasteiger partial charge in [0.1, 0.15) is 12.6 Å². The molecule has 3 aromatic rings. The van der Waals surface area contributed by atoms with Crippen molar-refractivity contribution < 1.29 is 17.9 Å². The highest BCUT2D eigenvalue weighted by Gasteiger charge is 2.24. The lowest BCUT2D eigenvalue weighted by molar-refractivity contribution is -0.146. The van der Waals surface area contributed by atoms with Crippen molar-refractivity contribution in [2.75, 3.05) is 0 Å². The van der Waals surface area contributed by atoms with Crippen molar-refractivity contribution in [3.05, 3.63) is 62.0 Å². The minimum Gasteiger partial charge on any atom is -0.458 e. The van der Waals surface area contributed by atoms with Gasteiger partial charge in [0.15, 0.2) is 4.96 Å². The van der Waals surface area contributed by atoms with E-state index in [1.165, 1.54) is 53.5 Å². The normalized spacial score (nSPS) is 14.9. The smallest absolute Gasteiger partial charge is 0.324 e. The molecular weight excluding hydrogens is 462 g/mol. The number of hydrogen-bond acceptors (Lipinski definition) is 7. The summed E-state index contributed by atoms with van der Waals surface area (Å²) in [5.74, 6) is -0.773. The molecule has 4 rings (SSSR count). The van der Waals surface area contributed by atoms with Gasteiger partial charge in [0.2, 0.25) is 10.0 Å². The number of thiazole rings is 1. The number of sulfonamides is 1. The Morgan fingerprint density at radius 2 is 2.00 bits per heavy atom. The molecule has 2 aromatic heterocycles. The molecule has 0 unspecified atom stereocenters. The molecule has 164 valence electrons. The first-order valence-electron chi connectivity index (χ1n) is 9.72. The summed E-state index contributed by atoms with van der Waals surface area (Å²) < 4.78 is 33.9.